The Morgan fingerprint density at radius 2 is 2.05 bits per heavy atom. The lowest BCUT2D eigenvalue weighted by atomic mass is 9.90. The predicted octanol–water partition coefficient (Wildman–Crippen LogP) is 2.80. The first kappa shape index (κ1) is 10.6. The SMILES string of the molecule is C=c1cc2c([nH]1)=C(C)C=C2C1C=Cc2ccccc21. The Kier molecular flexibility index (Phi) is 2.02. The molecule has 0 saturated carbocycles. The molecule has 2 aliphatic rings. The van der Waals surface area contributed by atoms with Gasteiger partial charge < -0.3 is 4.98 Å². The van der Waals surface area contributed by atoms with Crippen molar-refractivity contribution in [2.75, 3.05) is 0 Å². The molecule has 2 aliphatic carbocycles. The zero-order valence-electron chi connectivity index (χ0n) is 10.9. The summed E-state index contributed by atoms with van der Waals surface area (Å²) < 4.78 is 0. The van der Waals surface area contributed by atoms with E-state index < -0.39 is 0 Å². The third-order valence-electron chi connectivity index (χ3n) is 4.09. The van der Waals surface area contributed by atoms with E-state index in [0.717, 1.165) is 5.35 Å². The number of hydrogen-bond acceptors (Lipinski definition) is 0. The number of aromatic nitrogens is 1. The molecule has 0 amide bonds. The van der Waals surface area contributed by atoms with Gasteiger partial charge in [-0.05, 0) is 35.3 Å². The molecule has 0 fully saturated rings. The number of rotatable bonds is 1. The van der Waals surface area contributed by atoms with Crippen molar-refractivity contribution in [3.8, 4) is 0 Å². The second-order valence-corrected chi connectivity index (χ2v) is 5.33. The Morgan fingerprint density at radius 1 is 1.21 bits per heavy atom. The van der Waals surface area contributed by atoms with Crippen LogP contribution in [0.5, 0.6) is 0 Å². The van der Waals surface area contributed by atoms with Gasteiger partial charge in [0.15, 0.2) is 0 Å². The lowest BCUT2D eigenvalue weighted by Crippen LogP contribution is -2.10. The number of H-pyrrole nitrogens is 1. The molecule has 1 heteroatoms. The van der Waals surface area contributed by atoms with Crippen LogP contribution in [-0.2, 0) is 0 Å². The highest BCUT2D eigenvalue weighted by Gasteiger charge is 2.25. The van der Waals surface area contributed by atoms with Gasteiger partial charge >= 0.3 is 0 Å². The molecule has 0 saturated heterocycles. The van der Waals surface area contributed by atoms with Crippen LogP contribution < -0.4 is 10.7 Å². The van der Waals surface area contributed by atoms with Gasteiger partial charge in [0, 0.05) is 22.2 Å². The van der Waals surface area contributed by atoms with Crippen molar-refractivity contribution < 1.29 is 0 Å². The summed E-state index contributed by atoms with van der Waals surface area (Å²) in [5.74, 6) is 0.377. The summed E-state index contributed by atoms with van der Waals surface area (Å²) in [6.07, 6.45) is 6.83. The van der Waals surface area contributed by atoms with E-state index in [-0.39, 0.29) is 0 Å². The Labute approximate surface area is 112 Å². The van der Waals surface area contributed by atoms with Crippen LogP contribution in [0, 0.1) is 0 Å². The van der Waals surface area contributed by atoms with E-state index in [4.69, 9.17) is 0 Å². The van der Waals surface area contributed by atoms with Gasteiger partial charge in [-0.2, -0.15) is 0 Å². The van der Waals surface area contributed by atoms with E-state index >= 15 is 0 Å². The highest BCUT2D eigenvalue weighted by atomic mass is 14.7. The topological polar surface area (TPSA) is 15.8 Å². The van der Waals surface area contributed by atoms with Crippen LogP contribution in [0.25, 0.3) is 23.8 Å². The van der Waals surface area contributed by atoms with E-state index in [2.05, 4.69) is 67.0 Å². The van der Waals surface area contributed by atoms with Crippen molar-refractivity contribution in [1.29, 1.82) is 0 Å². The molecule has 1 unspecified atom stereocenters. The van der Waals surface area contributed by atoms with E-state index in [1.165, 1.54) is 33.2 Å². The van der Waals surface area contributed by atoms with Crippen LogP contribution in [0.1, 0.15) is 29.5 Å². The fourth-order valence-electron chi connectivity index (χ4n) is 3.21. The summed E-state index contributed by atoms with van der Waals surface area (Å²) >= 11 is 0. The minimum atomic E-state index is 0.377. The number of nitrogens with one attached hydrogen (secondary N) is 1. The molecule has 0 spiro atoms. The molecule has 1 aromatic carbocycles. The monoisotopic (exact) mass is 245 g/mol. The van der Waals surface area contributed by atoms with E-state index in [1.54, 1.807) is 0 Å². The van der Waals surface area contributed by atoms with Gasteiger partial charge in [-0.1, -0.05) is 49.1 Å². The van der Waals surface area contributed by atoms with Gasteiger partial charge in [-0.15, -0.1) is 0 Å². The first-order valence-corrected chi connectivity index (χ1v) is 6.62. The maximum absolute atomic E-state index is 4.01. The van der Waals surface area contributed by atoms with Crippen LogP contribution in [0.2, 0.25) is 0 Å². The summed E-state index contributed by atoms with van der Waals surface area (Å²) in [5, 5.41) is 2.22. The molecule has 1 heterocycles. The summed E-state index contributed by atoms with van der Waals surface area (Å²) in [6.45, 7) is 6.17. The van der Waals surface area contributed by atoms with Crippen LogP contribution in [0.3, 0.4) is 0 Å². The molecule has 1 N–H and O–H groups in total. The fourth-order valence-corrected chi connectivity index (χ4v) is 3.21. The van der Waals surface area contributed by atoms with E-state index in [0.29, 0.717) is 5.92 Å². The number of fused-ring (bicyclic) bond motifs is 2. The van der Waals surface area contributed by atoms with Gasteiger partial charge in [0.2, 0.25) is 0 Å². The summed E-state index contributed by atoms with van der Waals surface area (Å²) in [4.78, 5) is 3.36. The zero-order chi connectivity index (χ0) is 13.0. The molecule has 0 radical (unpaired) electrons. The summed E-state index contributed by atoms with van der Waals surface area (Å²) in [5.41, 5.74) is 6.75. The Bertz CT molecular complexity index is 846. The third-order valence-corrected chi connectivity index (χ3v) is 4.09. The molecule has 1 aromatic heterocycles. The van der Waals surface area contributed by atoms with E-state index in [1.807, 2.05) is 0 Å². The molecule has 1 atom stereocenters. The standard InChI is InChI=1S/C18H15N/c1-11-9-16(17-10-12(2)19-18(11)17)15-8-7-13-5-3-4-6-14(13)15/h3-10,15,19H,2H2,1H3. The third kappa shape index (κ3) is 1.42. The second-order valence-electron chi connectivity index (χ2n) is 5.33. The largest absolute Gasteiger partial charge is 0.355 e. The molecule has 1 nitrogen and oxygen atoms in total. The van der Waals surface area contributed by atoms with E-state index in [9.17, 15) is 0 Å². The minimum Gasteiger partial charge on any atom is -0.355 e. The lowest BCUT2D eigenvalue weighted by Gasteiger charge is -2.13. The molecule has 0 bridgehead atoms. The Hall–Kier alpha value is -2.28. The molecule has 2 aromatic rings. The van der Waals surface area contributed by atoms with Crippen LogP contribution in [-0.4, -0.2) is 4.98 Å². The van der Waals surface area contributed by atoms with Gasteiger partial charge in [-0.25, -0.2) is 0 Å². The predicted molar refractivity (Wildman–Crippen MR) is 80.8 cm³/mol. The maximum atomic E-state index is 4.01. The average Bonchev–Trinajstić information content (AvgIpc) is 3.05. The van der Waals surface area contributed by atoms with Gasteiger partial charge in [0.25, 0.3) is 0 Å². The average molecular weight is 245 g/mol. The smallest absolute Gasteiger partial charge is 0.0491 e. The minimum absolute atomic E-state index is 0.377. The number of benzene rings is 1. The Morgan fingerprint density at radius 3 is 2.95 bits per heavy atom. The second kappa shape index (κ2) is 3.61. The summed E-state index contributed by atoms with van der Waals surface area (Å²) in [6, 6.07) is 10.8. The summed E-state index contributed by atoms with van der Waals surface area (Å²) in [7, 11) is 0. The van der Waals surface area contributed by atoms with Crippen molar-refractivity contribution in [2.45, 2.75) is 12.8 Å². The van der Waals surface area contributed by atoms with Gasteiger partial charge in [0.05, 0.1) is 0 Å². The molecule has 92 valence electrons. The molecular weight excluding hydrogens is 230 g/mol. The van der Waals surface area contributed by atoms with Crippen molar-refractivity contribution >= 4 is 23.8 Å². The lowest BCUT2D eigenvalue weighted by molar-refractivity contribution is 1.13. The van der Waals surface area contributed by atoms with Crippen LogP contribution in [0.4, 0.5) is 0 Å². The Balaban J connectivity index is 1.89. The number of aromatic amines is 1. The van der Waals surface area contributed by atoms with Gasteiger partial charge in [0.1, 0.15) is 0 Å². The molecule has 4 rings (SSSR count). The number of hydrogen-bond donors (Lipinski definition) is 1. The van der Waals surface area contributed by atoms with Crippen LogP contribution in [0.15, 0.2) is 42.5 Å². The molecule has 19 heavy (non-hydrogen) atoms. The van der Waals surface area contributed by atoms with Crippen LogP contribution >= 0.6 is 0 Å². The quantitative estimate of drug-likeness (QED) is 0.795. The number of allylic oxidation sites excluding steroid dienone is 3. The first-order chi connectivity index (χ1) is 9.24. The molecule has 0 aliphatic heterocycles. The normalized spacial score (nSPS) is 19.5. The highest BCUT2D eigenvalue weighted by Crippen LogP contribution is 2.40. The maximum Gasteiger partial charge on any atom is 0.0491 e. The highest BCUT2D eigenvalue weighted by molar-refractivity contribution is 5.89. The van der Waals surface area contributed by atoms with Gasteiger partial charge in [-0.3, -0.25) is 0 Å². The van der Waals surface area contributed by atoms with Crippen molar-refractivity contribution in [3.63, 3.8) is 0 Å². The van der Waals surface area contributed by atoms with Crippen molar-refractivity contribution in [2.24, 2.45) is 0 Å². The van der Waals surface area contributed by atoms with Crippen molar-refractivity contribution in [3.05, 3.63) is 69.9 Å². The first-order valence-electron chi connectivity index (χ1n) is 6.62. The molecular formula is C18H15N. The zero-order valence-corrected chi connectivity index (χ0v) is 10.9. The fraction of sp³-hybridized carbons (Fsp3) is 0.111. The van der Waals surface area contributed by atoms with Crippen molar-refractivity contribution in [1.82, 2.24) is 4.98 Å².